The Morgan fingerprint density at radius 3 is 3.00 bits per heavy atom. The molecule has 0 spiro atoms. The molecule has 3 nitrogen and oxygen atoms in total. The Labute approximate surface area is 93.9 Å². The van der Waals surface area contributed by atoms with Crippen molar-refractivity contribution in [2.24, 2.45) is 0 Å². The molecule has 5 heteroatoms. The molecule has 0 saturated heterocycles. The van der Waals surface area contributed by atoms with Crippen LogP contribution in [0.3, 0.4) is 0 Å². The van der Waals surface area contributed by atoms with Gasteiger partial charge in [-0.3, -0.25) is 0 Å². The standard InChI is InChI=1S/C8H7BrIN2O/c1-10-12-6-4-2-3-5(9)7(6)11-8(12)13/h2-4H,1H3,(H,11,13)/q-1. The number of alkyl halides is 1. The zero-order valence-electron chi connectivity index (χ0n) is 6.84. The first-order valence-electron chi connectivity index (χ1n) is 3.63. The van der Waals surface area contributed by atoms with Crippen molar-refractivity contribution >= 4 is 27.0 Å². The molecule has 0 saturated carbocycles. The number of fused-ring (bicyclic) bond motifs is 1. The molecule has 0 atom stereocenters. The molecular weight excluding hydrogens is 347 g/mol. The van der Waals surface area contributed by atoms with Gasteiger partial charge in [0.1, 0.15) is 0 Å². The van der Waals surface area contributed by atoms with Gasteiger partial charge in [0.05, 0.1) is 0 Å². The van der Waals surface area contributed by atoms with Gasteiger partial charge in [0.2, 0.25) is 0 Å². The van der Waals surface area contributed by atoms with E-state index in [1.165, 1.54) is 0 Å². The maximum atomic E-state index is 11.4. The van der Waals surface area contributed by atoms with Gasteiger partial charge in [-0.1, -0.05) is 0 Å². The Bertz CT molecular complexity index is 502. The van der Waals surface area contributed by atoms with E-state index in [0.29, 0.717) is 0 Å². The van der Waals surface area contributed by atoms with Crippen LogP contribution >= 0.6 is 15.9 Å². The van der Waals surface area contributed by atoms with Crippen LogP contribution in [0.15, 0.2) is 27.5 Å². The fourth-order valence-electron chi connectivity index (χ4n) is 1.23. The summed E-state index contributed by atoms with van der Waals surface area (Å²) in [4.78, 5) is 16.3. The minimum absolute atomic E-state index is 0.00259. The van der Waals surface area contributed by atoms with Crippen molar-refractivity contribution in [3.63, 3.8) is 0 Å². The molecule has 0 aliphatic carbocycles. The van der Waals surface area contributed by atoms with Crippen molar-refractivity contribution < 1.29 is 21.5 Å². The van der Waals surface area contributed by atoms with Crippen molar-refractivity contribution in [2.45, 2.75) is 0 Å². The molecule has 0 radical (unpaired) electrons. The van der Waals surface area contributed by atoms with Crippen molar-refractivity contribution in [1.29, 1.82) is 0 Å². The minimum atomic E-state index is -0.238. The number of nitrogens with one attached hydrogen (secondary N) is 1. The van der Waals surface area contributed by atoms with Crippen LogP contribution in [0.25, 0.3) is 11.0 Å². The second-order valence-electron chi connectivity index (χ2n) is 2.51. The van der Waals surface area contributed by atoms with Gasteiger partial charge >= 0.3 is 94.3 Å². The molecule has 2 aromatic rings. The summed E-state index contributed by atoms with van der Waals surface area (Å²) in [5.41, 5.74) is 1.89. The number of aromatic nitrogens is 2. The van der Waals surface area contributed by atoms with Gasteiger partial charge in [-0.25, -0.2) is 0 Å². The fourth-order valence-corrected chi connectivity index (χ4v) is 3.17. The van der Waals surface area contributed by atoms with E-state index < -0.39 is 0 Å². The summed E-state index contributed by atoms with van der Waals surface area (Å²) in [5.74, 6) is 0. The SMILES string of the molecule is C[I-]n1c(=O)[nH]c2c(Br)cccc21. The summed E-state index contributed by atoms with van der Waals surface area (Å²) in [6, 6.07) is 5.83. The van der Waals surface area contributed by atoms with E-state index in [4.69, 9.17) is 0 Å². The molecule has 0 aliphatic heterocycles. The van der Waals surface area contributed by atoms with E-state index in [1.807, 2.05) is 21.0 Å². The quantitative estimate of drug-likeness (QED) is 0.495. The number of benzene rings is 1. The van der Waals surface area contributed by atoms with E-state index in [-0.39, 0.29) is 27.2 Å². The molecule has 1 aromatic heterocycles. The van der Waals surface area contributed by atoms with Crippen LogP contribution in [-0.2, 0) is 0 Å². The number of nitrogens with zero attached hydrogens (tertiary/aromatic N) is 1. The number of halogens is 2. The molecule has 0 bridgehead atoms. The average Bonchev–Trinajstić information content (AvgIpc) is 2.43. The van der Waals surface area contributed by atoms with Gasteiger partial charge < -0.3 is 0 Å². The monoisotopic (exact) mass is 353 g/mol. The number of H-pyrrole nitrogens is 1. The fraction of sp³-hybridized carbons (Fsp3) is 0.125. The molecule has 1 aromatic carbocycles. The van der Waals surface area contributed by atoms with Crippen molar-refractivity contribution in [3.05, 3.63) is 33.2 Å². The molecule has 0 unspecified atom stereocenters. The third-order valence-corrected chi connectivity index (χ3v) is 4.37. The summed E-state index contributed by atoms with van der Waals surface area (Å²) in [6.45, 7) is 0. The van der Waals surface area contributed by atoms with Crippen LogP contribution < -0.4 is 27.2 Å². The van der Waals surface area contributed by atoms with Crippen LogP contribution in [0, 0.1) is 0 Å². The Hall–Kier alpha value is -0.300. The van der Waals surface area contributed by atoms with Gasteiger partial charge in [0, 0.05) is 0 Å². The number of aromatic amines is 1. The summed E-state index contributed by atoms with van der Waals surface area (Å²) < 4.78 is 2.76. The molecule has 1 heterocycles. The van der Waals surface area contributed by atoms with Gasteiger partial charge in [0.15, 0.2) is 0 Å². The Morgan fingerprint density at radius 2 is 2.31 bits per heavy atom. The summed E-state index contributed by atoms with van der Waals surface area (Å²) >= 11 is 3.16. The number of hydrogen-bond acceptors (Lipinski definition) is 1. The maximum absolute atomic E-state index is 11.4. The van der Waals surface area contributed by atoms with Crippen LogP contribution in [-0.4, -0.2) is 12.7 Å². The Morgan fingerprint density at radius 1 is 1.54 bits per heavy atom. The summed E-state index contributed by atoms with van der Waals surface area (Å²) in [6.07, 6.45) is 0. The predicted molar refractivity (Wildman–Crippen MR) is 51.6 cm³/mol. The third kappa shape index (κ3) is 1.43. The first kappa shape index (κ1) is 9.26. The molecular formula is C8H7BrIN2O-. The van der Waals surface area contributed by atoms with E-state index in [1.54, 1.807) is 0 Å². The number of imidazole rings is 1. The first-order valence-corrected chi connectivity index (χ1v) is 7.55. The normalized spacial score (nSPS) is 11.2. The third-order valence-electron chi connectivity index (χ3n) is 1.78. The molecule has 1 N–H and O–H groups in total. The van der Waals surface area contributed by atoms with Crippen molar-refractivity contribution in [2.75, 3.05) is 4.93 Å². The van der Waals surface area contributed by atoms with E-state index in [9.17, 15) is 4.79 Å². The molecule has 0 amide bonds. The van der Waals surface area contributed by atoms with Crippen LogP contribution in [0.4, 0.5) is 0 Å². The number of hydrogen-bond donors (Lipinski definition) is 1. The number of para-hydroxylation sites is 1. The zero-order chi connectivity index (χ0) is 9.42. The van der Waals surface area contributed by atoms with Crippen molar-refractivity contribution in [3.8, 4) is 0 Å². The molecule has 0 fully saturated rings. The predicted octanol–water partition coefficient (Wildman–Crippen LogP) is -1.43. The van der Waals surface area contributed by atoms with Crippen LogP contribution in [0.5, 0.6) is 0 Å². The van der Waals surface area contributed by atoms with Crippen LogP contribution in [0.2, 0.25) is 0 Å². The Kier molecular flexibility index (Phi) is 2.46. The zero-order valence-corrected chi connectivity index (χ0v) is 10.6. The molecule has 2 rings (SSSR count). The molecule has 70 valence electrons. The van der Waals surface area contributed by atoms with Crippen molar-refractivity contribution in [1.82, 2.24) is 7.76 Å². The molecule has 0 aliphatic rings. The summed E-state index contributed by atoms with van der Waals surface area (Å²) in [7, 11) is 0. The van der Waals surface area contributed by atoms with E-state index in [0.717, 1.165) is 15.5 Å². The molecule has 13 heavy (non-hydrogen) atoms. The first-order chi connectivity index (χ1) is 6.24. The second-order valence-corrected chi connectivity index (χ2v) is 5.30. The van der Waals surface area contributed by atoms with Gasteiger partial charge in [0.25, 0.3) is 0 Å². The summed E-state index contributed by atoms with van der Waals surface area (Å²) in [5, 5.41) is 0. The van der Waals surface area contributed by atoms with E-state index >= 15 is 0 Å². The average molecular weight is 354 g/mol. The topological polar surface area (TPSA) is 37.8 Å². The second kappa shape index (κ2) is 3.45. The number of rotatable bonds is 1. The van der Waals surface area contributed by atoms with Gasteiger partial charge in [-0.15, -0.1) is 0 Å². The van der Waals surface area contributed by atoms with Gasteiger partial charge in [-0.2, -0.15) is 0 Å². The Balaban J connectivity index is 2.94. The van der Waals surface area contributed by atoms with Gasteiger partial charge in [-0.05, 0) is 0 Å². The van der Waals surface area contributed by atoms with Crippen LogP contribution in [0.1, 0.15) is 0 Å². The van der Waals surface area contributed by atoms with E-state index in [2.05, 4.69) is 25.8 Å².